The zero-order valence-electron chi connectivity index (χ0n) is 13.2. The van der Waals surface area contributed by atoms with Crippen molar-refractivity contribution in [3.8, 4) is 6.07 Å². The molecule has 0 aromatic heterocycles. The Bertz CT molecular complexity index is 485. The van der Waals surface area contributed by atoms with E-state index in [1.807, 2.05) is 9.80 Å². The van der Waals surface area contributed by atoms with Gasteiger partial charge in [0, 0.05) is 25.6 Å². The highest BCUT2D eigenvalue weighted by Gasteiger charge is 2.41. The van der Waals surface area contributed by atoms with E-state index in [9.17, 15) is 9.59 Å². The van der Waals surface area contributed by atoms with Crippen molar-refractivity contribution < 1.29 is 9.59 Å². The smallest absolute Gasteiger partial charge is 0.245 e. The average molecular weight is 303 g/mol. The summed E-state index contributed by atoms with van der Waals surface area (Å²) in [7, 11) is 0. The van der Waals surface area contributed by atoms with Gasteiger partial charge in [0.25, 0.3) is 0 Å². The number of rotatable bonds is 1. The molecular weight excluding hydrogens is 278 g/mol. The number of hydrogen-bond acceptors (Lipinski definition) is 3. The molecule has 0 bridgehead atoms. The Morgan fingerprint density at radius 3 is 2.68 bits per heavy atom. The van der Waals surface area contributed by atoms with E-state index < -0.39 is 0 Å². The minimum Gasteiger partial charge on any atom is -0.340 e. The second-order valence-electron chi connectivity index (χ2n) is 6.90. The number of hydrogen-bond donors (Lipinski definition) is 0. The van der Waals surface area contributed by atoms with Gasteiger partial charge in [-0.05, 0) is 38.5 Å². The number of nitrogens with zero attached hydrogens (tertiary/aromatic N) is 3. The lowest BCUT2D eigenvalue weighted by Gasteiger charge is -2.43. The van der Waals surface area contributed by atoms with Crippen LogP contribution >= 0.6 is 0 Å². The number of amides is 2. The highest BCUT2D eigenvalue weighted by atomic mass is 16.2. The Morgan fingerprint density at radius 2 is 1.91 bits per heavy atom. The molecule has 0 spiro atoms. The predicted octanol–water partition coefficient (Wildman–Crippen LogP) is 2.07. The van der Waals surface area contributed by atoms with Crippen LogP contribution in [0.3, 0.4) is 0 Å². The van der Waals surface area contributed by atoms with Gasteiger partial charge in [-0.3, -0.25) is 9.59 Å². The fourth-order valence-electron chi connectivity index (χ4n) is 4.22. The zero-order chi connectivity index (χ0) is 15.5. The molecule has 3 rings (SSSR count). The molecule has 0 aromatic carbocycles. The van der Waals surface area contributed by atoms with Crippen LogP contribution in [0.5, 0.6) is 0 Å². The second-order valence-corrected chi connectivity index (χ2v) is 6.90. The molecule has 3 heterocycles. The monoisotopic (exact) mass is 303 g/mol. The van der Waals surface area contributed by atoms with Crippen LogP contribution in [-0.2, 0) is 9.59 Å². The summed E-state index contributed by atoms with van der Waals surface area (Å²) in [6.07, 6.45) is 8.48. The van der Waals surface area contributed by atoms with Gasteiger partial charge in [0.2, 0.25) is 11.8 Å². The lowest BCUT2D eigenvalue weighted by atomic mass is 9.89. The van der Waals surface area contributed by atoms with Gasteiger partial charge in [-0.15, -0.1) is 0 Å². The molecule has 5 heteroatoms. The third-order valence-electron chi connectivity index (χ3n) is 5.43. The maximum absolute atomic E-state index is 12.9. The van der Waals surface area contributed by atoms with Crippen LogP contribution in [0.25, 0.3) is 0 Å². The van der Waals surface area contributed by atoms with Crippen molar-refractivity contribution in [1.82, 2.24) is 9.80 Å². The molecule has 0 saturated carbocycles. The summed E-state index contributed by atoms with van der Waals surface area (Å²) in [6, 6.07) is 2.24. The third kappa shape index (κ3) is 2.97. The maximum atomic E-state index is 12.9. The number of nitriles is 1. The highest BCUT2D eigenvalue weighted by molar-refractivity contribution is 5.88. The summed E-state index contributed by atoms with van der Waals surface area (Å²) in [5, 5.41) is 9.02. The first-order chi connectivity index (χ1) is 10.7. The summed E-state index contributed by atoms with van der Waals surface area (Å²) >= 11 is 0. The second kappa shape index (κ2) is 6.68. The quantitative estimate of drug-likeness (QED) is 0.745. The van der Waals surface area contributed by atoms with Gasteiger partial charge in [0.15, 0.2) is 0 Å². The molecule has 3 atom stereocenters. The third-order valence-corrected chi connectivity index (χ3v) is 5.43. The van der Waals surface area contributed by atoms with Crippen molar-refractivity contribution in [1.29, 1.82) is 5.26 Å². The van der Waals surface area contributed by atoms with E-state index in [1.54, 1.807) is 0 Å². The van der Waals surface area contributed by atoms with Crippen LogP contribution in [-0.4, -0.2) is 46.8 Å². The van der Waals surface area contributed by atoms with Crippen LogP contribution in [0.2, 0.25) is 0 Å². The Labute approximate surface area is 132 Å². The lowest BCUT2D eigenvalue weighted by molar-refractivity contribution is -0.151. The summed E-state index contributed by atoms with van der Waals surface area (Å²) in [5.74, 6) is 0.210. The highest BCUT2D eigenvalue weighted by Crippen LogP contribution is 2.31. The molecule has 2 amide bonds. The number of piperidine rings is 1. The van der Waals surface area contributed by atoms with Crippen molar-refractivity contribution in [3.05, 3.63) is 0 Å². The minimum atomic E-state index is -0.276. The SMILES string of the molecule is N#CC1CCN(C(=O)[C@@H]2CCCC3CCCCCC(=O)N32)C1. The Hall–Kier alpha value is -1.57. The van der Waals surface area contributed by atoms with Crippen LogP contribution in [0, 0.1) is 17.2 Å². The Morgan fingerprint density at radius 1 is 1.09 bits per heavy atom. The van der Waals surface area contributed by atoms with E-state index in [4.69, 9.17) is 5.26 Å². The average Bonchev–Trinajstić information content (AvgIpc) is 3.00. The molecule has 22 heavy (non-hydrogen) atoms. The summed E-state index contributed by atoms with van der Waals surface area (Å²) < 4.78 is 0. The Kier molecular flexibility index (Phi) is 4.66. The van der Waals surface area contributed by atoms with E-state index >= 15 is 0 Å². The number of carbonyl (C=O) groups excluding carboxylic acids is 2. The summed E-state index contributed by atoms with van der Waals surface area (Å²) in [5.41, 5.74) is 0. The topological polar surface area (TPSA) is 64.4 Å². The van der Waals surface area contributed by atoms with Crippen LogP contribution < -0.4 is 0 Å². The minimum absolute atomic E-state index is 0.0358. The van der Waals surface area contributed by atoms with Crippen molar-refractivity contribution in [2.75, 3.05) is 13.1 Å². The first-order valence-corrected chi connectivity index (χ1v) is 8.70. The maximum Gasteiger partial charge on any atom is 0.245 e. The predicted molar refractivity (Wildman–Crippen MR) is 81.7 cm³/mol. The van der Waals surface area contributed by atoms with Gasteiger partial charge in [-0.1, -0.05) is 12.8 Å². The molecule has 2 unspecified atom stereocenters. The molecule has 3 aliphatic rings. The van der Waals surface area contributed by atoms with E-state index in [1.165, 1.54) is 0 Å². The molecule has 0 N–H and O–H groups in total. The van der Waals surface area contributed by atoms with Gasteiger partial charge in [0.05, 0.1) is 12.0 Å². The Balaban J connectivity index is 1.74. The van der Waals surface area contributed by atoms with Crippen molar-refractivity contribution in [2.45, 2.75) is 69.9 Å². The molecule has 5 nitrogen and oxygen atoms in total. The fraction of sp³-hybridized carbons (Fsp3) is 0.824. The van der Waals surface area contributed by atoms with Gasteiger partial charge in [0.1, 0.15) is 6.04 Å². The van der Waals surface area contributed by atoms with Crippen molar-refractivity contribution in [2.24, 2.45) is 5.92 Å². The molecule has 0 radical (unpaired) electrons. The van der Waals surface area contributed by atoms with Crippen molar-refractivity contribution >= 4 is 11.8 Å². The van der Waals surface area contributed by atoms with Crippen LogP contribution in [0.4, 0.5) is 0 Å². The van der Waals surface area contributed by atoms with E-state index in [0.29, 0.717) is 19.5 Å². The van der Waals surface area contributed by atoms with E-state index in [-0.39, 0.29) is 29.8 Å². The summed E-state index contributed by atoms with van der Waals surface area (Å²) in [4.78, 5) is 29.2. The largest absolute Gasteiger partial charge is 0.340 e. The number of fused-ring (bicyclic) bond motifs is 1. The van der Waals surface area contributed by atoms with Crippen LogP contribution in [0.1, 0.15) is 57.8 Å². The molecular formula is C17H25N3O2. The first-order valence-electron chi connectivity index (χ1n) is 8.70. The van der Waals surface area contributed by atoms with Gasteiger partial charge in [-0.25, -0.2) is 0 Å². The van der Waals surface area contributed by atoms with Crippen LogP contribution in [0.15, 0.2) is 0 Å². The fourth-order valence-corrected chi connectivity index (χ4v) is 4.22. The van der Waals surface area contributed by atoms with Gasteiger partial charge < -0.3 is 9.80 Å². The normalized spacial score (nSPS) is 32.9. The van der Waals surface area contributed by atoms with E-state index in [2.05, 4.69) is 6.07 Å². The van der Waals surface area contributed by atoms with E-state index in [0.717, 1.165) is 51.4 Å². The molecule has 3 aliphatic heterocycles. The van der Waals surface area contributed by atoms with Crippen molar-refractivity contribution in [3.63, 3.8) is 0 Å². The molecule has 0 aliphatic carbocycles. The first kappa shape index (κ1) is 15.3. The number of likely N-dealkylation sites (tertiary alicyclic amines) is 1. The molecule has 3 saturated heterocycles. The summed E-state index contributed by atoms with van der Waals surface area (Å²) in [6.45, 7) is 1.21. The number of carbonyl (C=O) groups is 2. The lowest BCUT2D eigenvalue weighted by Crippen LogP contribution is -2.56. The molecule has 120 valence electrons. The van der Waals surface area contributed by atoms with Gasteiger partial charge in [-0.2, -0.15) is 5.26 Å². The standard InChI is InChI=1S/C17H25N3O2/c18-11-13-9-10-19(12-13)17(22)15-7-4-6-14-5-2-1-3-8-16(21)20(14)15/h13-15H,1-10,12H2/t13?,14?,15-/m0/s1. The molecule has 0 aromatic rings. The zero-order valence-corrected chi connectivity index (χ0v) is 13.2. The molecule has 3 fully saturated rings. The van der Waals surface area contributed by atoms with Gasteiger partial charge >= 0.3 is 0 Å².